The summed E-state index contributed by atoms with van der Waals surface area (Å²) in [7, 11) is 0. The van der Waals surface area contributed by atoms with Gasteiger partial charge in [-0.15, -0.1) is 0 Å². The molecule has 0 unspecified atom stereocenters. The van der Waals surface area contributed by atoms with Crippen molar-refractivity contribution in [1.29, 1.82) is 0 Å². The number of rotatable bonds is 3. The largest absolute Gasteiger partial charge is 0.345 e. The van der Waals surface area contributed by atoms with Gasteiger partial charge in [-0.2, -0.15) is 0 Å². The van der Waals surface area contributed by atoms with E-state index < -0.39 is 0 Å². The molecule has 2 aromatic heterocycles. The number of nitrogens with two attached hydrogens (primary N) is 1. The lowest BCUT2D eigenvalue weighted by Gasteiger charge is -2.41. The van der Waals surface area contributed by atoms with Gasteiger partial charge >= 0.3 is 0 Å². The minimum absolute atomic E-state index is 0.0275. The molecule has 0 saturated carbocycles. The molecule has 3 aromatic rings. The summed E-state index contributed by atoms with van der Waals surface area (Å²) in [6.45, 7) is 2.00. The molecule has 6 heteroatoms. The van der Waals surface area contributed by atoms with Crippen molar-refractivity contribution in [1.82, 2.24) is 19.9 Å². The first-order valence-electron chi connectivity index (χ1n) is 8.55. The zero-order chi connectivity index (χ0) is 17.3. The number of likely N-dealkylation sites (tertiary alicyclic amines) is 1. The molecule has 1 aliphatic heterocycles. The Balaban J connectivity index is 1.54. The fraction of sp³-hybridized carbons (Fsp3) is 0.316. The van der Waals surface area contributed by atoms with E-state index >= 15 is 0 Å². The van der Waals surface area contributed by atoms with Crippen LogP contribution in [-0.4, -0.2) is 45.4 Å². The van der Waals surface area contributed by atoms with Crippen molar-refractivity contribution in [2.45, 2.75) is 18.3 Å². The van der Waals surface area contributed by atoms with Crippen molar-refractivity contribution in [2.75, 3.05) is 19.6 Å². The third-order valence-corrected chi connectivity index (χ3v) is 5.37. The van der Waals surface area contributed by atoms with Crippen molar-refractivity contribution in [3.05, 3.63) is 60.2 Å². The molecular formula is C19H21N5O. The SMILES string of the molecule is NCC1(c2ccccc2)CCN(C(=O)c2c[nH]c3ncncc23)CC1. The van der Waals surface area contributed by atoms with E-state index in [4.69, 9.17) is 5.73 Å². The lowest BCUT2D eigenvalue weighted by atomic mass is 9.73. The van der Waals surface area contributed by atoms with Crippen LogP contribution in [0.2, 0.25) is 0 Å². The minimum atomic E-state index is -0.0403. The second-order valence-corrected chi connectivity index (χ2v) is 6.63. The molecule has 1 aliphatic rings. The summed E-state index contributed by atoms with van der Waals surface area (Å²) >= 11 is 0. The molecule has 1 fully saturated rings. The summed E-state index contributed by atoms with van der Waals surface area (Å²) in [6.07, 6.45) is 6.63. The number of nitrogens with one attached hydrogen (secondary N) is 1. The van der Waals surface area contributed by atoms with Gasteiger partial charge < -0.3 is 15.6 Å². The van der Waals surface area contributed by atoms with Gasteiger partial charge in [0.25, 0.3) is 5.91 Å². The summed E-state index contributed by atoms with van der Waals surface area (Å²) in [5.41, 5.74) is 8.69. The van der Waals surface area contributed by atoms with E-state index in [2.05, 4.69) is 39.2 Å². The van der Waals surface area contributed by atoms with Gasteiger partial charge in [-0.05, 0) is 18.4 Å². The number of aromatic amines is 1. The number of carbonyl (C=O) groups excluding carboxylic acids is 1. The zero-order valence-corrected chi connectivity index (χ0v) is 14.0. The third kappa shape index (κ3) is 2.68. The van der Waals surface area contributed by atoms with Crippen LogP contribution >= 0.6 is 0 Å². The highest BCUT2D eigenvalue weighted by atomic mass is 16.2. The molecule has 3 heterocycles. The molecule has 3 N–H and O–H groups in total. The first-order chi connectivity index (χ1) is 12.2. The Bertz CT molecular complexity index is 881. The summed E-state index contributed by atoms with van der Waals surface area (Å²) in [6, 6.07) is 10.4. The van der Waals surface area contributed by atoms with Crippen molar-refractivity contribution < 1.29 is 4.79 Å². The van der Waals surface area contributed by atoms with Gasteiger partial charge in [0.05, 0.1) is 5.56 Å². The Morgan fingerprint density at radius 1 is 1.24 bits per heavy atom. The molecular weight excluding hydrogens is 314 g/mol. The maximum Gasteiger partial charge on any atom is 0.256 e. The number of benzene rings is 1. The van der Waals surface area contributed by atoms with Gasteiger partial charge in [-0.3, -0.25) is 4.79 Å². The van der Waals surface area contributed by atoms with Gasteiger partial charge in [-0.1, -0.05) is 30.3 Å². The van der Waals surface area contributed by atoms with Crippen molar-refractivity contribution in [3.8, 4) is 0 Å². The molecule has 1 saturated heterocycles. The van der Waals surface area contributed by atoms with Gasteiger partial charge in [-0.25, -0.2) is 9.97 Å². The topological polar surface area (TPSA) is 87.9 Å². The Labute approximate surface area is 146 Å². The van der Waals surface area contributed by atoms with Crippen LogP contribution in [0.25, 0.3) is 11.0 Å². The third-order valence-electron chi connectivity index (χ3n) is 5.37. The lowest BCUT2D eigenvalue weighted by molar-refractivity contribution is 0.0672. The maximum absolute atomic E-state index is 12.9. The highest BCUT2D eigenvalue weighted by Gasteiger charge is 2.36. The van der Waals surface area contributed by atoms with Crippen molar-refractivity contribution in [3.63, 3.8) is 0 Å². The van der Waals surface area contributed by atoms with Crippen LogP contribution in [0.15, 0.2) is 49.1 Å². The molecule has 0 atom stereocenters. The highest BCUT2D eigenvalue weighted by molar-refractivity contribution is 6.05. The van der Waals surface area contributed by atoms with Crippen molar-refractivity contribution >= 4 is 16.9 Å². The molecule has 0 radical (unpaired) electrons. The number of H-pyrrole nitrogens is 1. The normalized spacial score (nSPS) is 16.9. The van der Waals surface area contributed by atoms with Crippen LogP contribution in [0.1, 0.15) is 28.8 Å². The van der Waals surface area contributed by atoms with Crippen LogP contribution in [0.3, 0.4) is 0 Å². The summed E-state index contributed by atoms with van der Waals surface area (Å²) in [4.78, 5) is 26.1. The summed E-state index contributed by atoms with van der Waals surface area (Å²) in [5, 5.41) is 0.770. The number of amides is 1. The average molecular weight is 335 g/mol. The van der Waals surface area contributed by atoms with E-state index in [1.165, 1.54) is 11.9 Å². The first kappa shape index (κ1) is 15.8. The van der Waals surface area contributed by atoms with Gasteiger partial charge in [0.15, 0.2) is 0 Å². The molecule has 6 nitrogen and oxygen atoms in total. The molecule has 0 bridgehead atoms. The minimum Gasteiger partial charge on any atom is -0.345 e. The van der Waals surface area contributed by atoms with Gasteiger partial charge in [0.1, 0.15) is 12.0 Å². The molecule has 0 spiro atoms. The molecule has 25 heavy (non-hydrogen) atoms. The molecule has 1 aromatic carbocycles. The predicted octanol–water partition coefficient (Wildman–Crippen LogP) is 2.09. The fourth-order valence-corrected chi connectivity index (χ4v) is 3.75. The number of hydrogen-bond acceptors (Lipinski definition) is 4. The number of nitrogens with zero attached hydrogens (tertiary/aromatic N) is 3. The number of carbonyl (C=O) groups is 1. The van der Waals surface area contributed by atoms with E-state index in [0.29, 0.717) is 30.8 Å². The van der Waals surface area contributed by atoms with Crippen LogP contribution < -0.4 is 5.73 Å². The highest BCUT2D eigenvalue weighted by Crippen LogP contribution is 2.35. The van der Waals surface area contributed by atoms with E-state index in [1.807, 2.05) is 11.0 Å². The molecule has 0 aliphatic carbocycles. The van der Waals surface area contributed by atoms with E-state index in [-0.39, 0.29) is 11.3 Å². The Hall–Kier alpha value is -2.73. The van der Waals surface area contributed by atoms with Crippen molar-refractivity contribution in [2.24, 2.45) is 5.73 Å². The number of piperidine rings is 1. The fourth-order valence-electron chi connectivity index (χ4n) is 3.75. The lowest BCUT2D eigenvalue weighted by Crippen LogP contribution is -2.48. The molecule has 128 valence electrons. The predicted molar refractivity (Wildman–Crippen MR) is 96.2 cm³/mol. The number of aromatic nitrogens is 3. The van der Waals surface area contributed by atoms with Crippen LogP contribution in [0.4, 0.5) is 0 Å². The van der Waals surface area contributed by atoms with Gasteiger partial charge in [0, 0.05) is 42.8 Å². The average Bonchev–Trinajstić information content (AvgIpc) is 3.12. The van der Waals surface area contributed by atoms with Crippen LogP contribution in [-0.2, 0) is 5.41 Å². The Morgan fingerprint density at radius 3 is 2.72 bits per heavy atom. The van der Waals surface area contributed by atoms with E-state index in [0.717, 1.165) is 18.2 Å². The molecule has 4 rings (SSSR count). The maximum atomic E-state index is 12.9. The summed E-state index contributed by atoms with van der Waals surface area (Å²) in [5.74, 6) is 0.0275. The van der Waals surface area contributed by atoms with E-state index in [1.54, 1.807) is 12.4 Å². The van der Waals surface area contributed by atoms with Crippen LogP contribution in [0, 0.1) is 0 Å². The second kappa shape index (κ2) is 6.29. The number of fused-ring (bicyclic) bond motifs is 1. The first-order valence-corrected chi connectivity index (χ1v) is 8.55. The Kier molecular flexibility index (Phi) is 3.97. The second-order valence-electron chi connectivity index (χ2n) is 6.63. The van der Waals surface area contributed by atoms with Gasteiger partial charge in [0.2, 0.25) is 0 Å². The smallest absolute Gasteiger partial charge is 0.256 e. The van der Waals surface area contributed by atoms with E-state index in [9.17, 15) is 4.79 Å². The van der Waals surface area contributed by atoms with Crippen LogP contribution in [0.5, 0.6) is 0 Å². The molecule has 1 amide bonds. The summed E-state index contributed by atoms with van der Waals surface area (Å²) < 4.78 is 0. The zero-order valence-electron chi connectivity index (χ0n) is 14.0. The standard InChI is InChI=1S/C19H21N5O/c20-12-19(14-4-2-1-3-5-14)6-8-24(9-7-19)18(25)16-11-22-17-15(16)10-21-13-23-17/h1-5,10-11,13H,6-9,12,20H2,(H,21,22,23). The monoisotopic (exact) mass is 335 g/mol. The Morgan fingerprint density at radius 2 is 2.00 bits per heavy atom. The quantitative estimate of drug-likeness (QED) is 0.767. The number of hydrogen-bond donors (Lipinski definition) is 2.